The summed E-state index contributed by atoms with van der Waals surface area (Å²) < 4.78 is 16.5. The van der Waals surface area contributed by atoms with Crippen molar-refractivity contribution in [1.82, 2.24) is 0 Å². The highest BCUT2D eigenvalue weighted by Gasteiger charge is 2.28. The van der Waals surface area contributed by atoms with E-state index >= 15 is 0 Å². The van der Waals surface area contributed by atoms with Crippen molar-refractivity contribution in [2.45, 2.75) is 6.61 Å². The van der Waals surface area contributed by atoms with Gasteiger partial charge in [0, 0.05) is 24.3 Å². The van der Waals surface area contributed by atoms with E-state index in [9.17, 15) is 14.9 Å². The van der Waals surface area contributed by atoms with Crippen molar-refractivity contribution in [2.24, 2.45) is 0 Å². The molecule has 0 atom stereocenters. The minimum atomic E-state index is -0.451. The zero-order valence-corrected chi connectivity index (χ0v) is 14.0. The lowest BCUT2D eigenvalue weighted by atomic mass is 10.1. The number of allylic oxidation sites excluding steroid dienone is 1. The minimum absolute atomic E-state index is 0.0269. The molecule has 134 valence electrons. The van der Waals surface area contributed by atoms with Gasteiger partial charge >= 0.3 is 0 Å². The van der Waals surface area contributed by atoms with Gasteiger partial charge in [-0.1, -0.05) is 0 Å². The van der Waals surface area contributed by atoms with Crippen LogP contribution in [0.4, 0.5) is 5.69 Å². The molecule has 27 heavy (non-hydrogen) atoms. The van der Waals surface area contributed by atoms with Gasteiger partial charge in [0.2, 0.25) is 5.78 Å². The molecule has 0 radical (unpaired) electrons. The fourth-order valence-corrected chi connectivity index (χ4v) is 2.64. The van der Waals surface area contributed by atoms with Gasteiger partial charge in [-0.2, -0.15) is 0 Å². The summed E-state index contributed by atoms with van der Waals surface area (Å²) in [5.74, 6) is 1.44. The Hall–Kier alpha value is -3.87. The van der Waals surface area contributed by atoms with E-state index in [1.807, 2.05) is 0 Å². The second-order valence-corrected chi connectivity index (χ2v) is 5.83. The summed E-state index contributed by atoms with van der Waals surface area (Å²) in [6, 6.07) is 14.5. The third-order valence-corrected chi connectivity index (χ3v) is 4.01. The van der Waals surface area contributed by atoms with Crippen LogP contribution in [0.15, 0.2) is 71.0 Å². The third-order valence-electron chi connectivity index (χ3n) is 4.01. The number of non-ortho nitro benzene ring substituents is 1. The number of ether oxygens (including phenoxy) is 2. The Bertz CT molecular complexity index is 1030. The fourth-order valence-electron chi connectivity index (χ4n) is 2.64. The minimum Gasteiger partial charge on any atom is -0.489 e. The lowest BCUT2D eigenvalue weighted by Gasteiger charge is -2.07. The maximum Gasteiger partial charge on any atom is 0.269 e. The van der Waals surface area contributed by atoms with Crippen molar-refractivity contribution in [1.29, 1.82) is 0 Å². The summed E-state index contributed by atoms with van der Waals surface area (Å²) in [7, 11) is 0. The third kappa shape index (κ3) is 3.43. The van der Waals surface area contributed by atoms with E-state index in [0.717, 1.165) is 5.56 Å². The second-order valence-electron chi connectivity index (χ2n) is 5.83. The zero-order valence-electron chi connectivity index (χ0n) is 14.0. The van der Waals surface area contributed by atoms with Gasteiger partial charge in [-0.25, -0.2) is 0 Å². The summed E-state index contributed by atoms with van der Waals surface area (Å²) in [6.45, 7) is 0.236. The molecule has 1 aliphatic heterocycles. The van der Waals surface area contributed by atoms with Crippen LogP contribution in [0.1, 0.15) is 21.7 Å². The molecule has 3 aromatic rings. The monoisotopic (exact) mass is 363 g/mol. The molecule has 1 aliphatic rings. The van der Waals surface area contributed by atoms with Gasteiger partial charge in [0.1, 0.15) is 23.9 Å². The number of nitrogens with zero attached hydrogens (tertiary/aromatic N) is 1. The number of fused-ring (bicyclic) bond motifs is 1. The molecule has 0 saturated carbocycles. The number of benzene rings is 2. The largest absolute Gasteiger partial charge is 0.489 e. The highest BCUT2D eigenvalue weighted by atomic mass is 16.6. The lowest BCUT2D eigenvalue weighted by molar-refractivity contribution is -0.384. The summed E-state index contributed by atoms with van der Waals surface area (Å²) in [4.78, 5) is 22.6. The van der Waals surface area contributed by atoms with Crippen LogP contribution in [0.2, 0.25) is 0 Å². The molecule has 0 aliphatic carbocycles. The number of rotatable bonds is 5. The molecular formula is C20H13NO6. The van der Waals surface area contributed by atoms with Gasteiger partial charge in [-0.05, 0) is 42.0 Å². The zero-order chi connectivity index (χ0) is 18.8. The molecule has 2 heterocycles. The molecule has 1 aromatic heterocycles. The van der Waals surface area contributed by atoms with Crippen LogP contribution in [0.3, 0.4) is 0 Å². The molecule has 7 nitrogen and oxygen atoms in total. The number of carbonyl (C=O) groups is 1. The summed E-state index contributed by atoms with van der Waals surface area (Å²) >= 11 is 0. The number of nitro groups is 1. The number of hydrogen-bond acceptors (Lipinski definition) is 6. The molecule has 7 heteroatoms. The van der Waals surface area contributed by atoms with Crippen LogP contribution in [-0.2, 0) is 6.61 Å². The Morgan fingerprint density at radius 3 is 2.63 bits per heavy atom. The van der Waals surface area contributed by atoms with Crippen LogP contribution < -0.4 is 9.47 Å². The number of Topliss-reactive ketones (excluding diaryl/α,β-unsaturated/α-hetero) is 1. The lowest BCUT2D eigenvalue weighted by Crippen LogP contribution is -1.97. The topological polar surface area (TPSA) is 91.8 Å². The van der Waals surface area contributed by atoms with Crippen molar-refractivity contribution in [2.75, 3.05) is 0 Å². The van der Waals surface area contributed by atoms with E-state index in [1.165, 1.54) is 18.4 Å². The van der Waals surface area contributed by atoms with Crippen molar-refractivity contribution >= 4 is 17.5 Å². The summed E-state index contributed by atoms with van der Waals surface area (Å²) in [5, 5.41) is 10.7. The maximum absolute atomic E-state index is 12.4. The van der Waals surface area contributed by atoms with Gasteiger partial charge in [-0.3, -0.25) is 14.9 Å². The number of furan rings is 1. The first kappa shape index (κ1) is 16.6. The normalized spacial score (nSPS) is 14.1. The van der Waals surface area contributed by atoms with Gasteiger partial charge in [0.05, 0.1) is 16.7 Å². The number of nitro benzene ring substituents is 1. The molecule has 2 aromatic carbocycles. The molecule has 0 N–H and O–H groups in total. The molecule has 0 amide bonds. The molecule has 0 bridgehead atoms. The van der Waals surface area contributed by atoms with Gasteiger partial charge in [-0.15, -0.1) is 0 Å². The van der Waals surface area contributed by atoms with Crippen LogP contribution in [0, 0.1) is 10.1 Å². The molecule has 4 rings (SSSR count). The first-order valence-corrected chi connectivity index (χ1v) is 8.08. The van der Waals surface area contributed by atoms with Crippen molar-refractivity contribution in [3.8, 4) is 11.5 Å². The number of carbonyl (C=O) groups excluding carboxylic acids is 1. The Morgan fingerprint density at radius 1 is 1.11 bits per heavy atom. The predicted octanol–water partition coefficient (Wildman–Crippen LogP) is 4.38. The van der Waals surface area contributed by atoms with E-state index in [0.29, 0.717) is 22.8 Å². The molecule has 0 unspecified atom stereocenters. The van der Waals surface area contributed by atoms with Crippen molar-refractivity contribution in [3.05, 3.63) is 93.6 Å². The van der Waals surface area contributed by atoms with E-state index < -0.39 is 4.92 Å². The molecular weight excluding hydrogens is 350 g/mol. The van der Waals surface area contributed by atoms with Crippen molar-refractivity contribution < 1.29 is 23.6 Å². The SMILES string of the molecule is O=C1/C(=C\c2ccco2)Oc2cc(OCc3ccc([N+](=O)[O-])cc3)ccc21. The van der Waals surface area contributed by atoms with E-state index in [-0.39, 0.29) is 23.8 Å². The average molecular weight is 363 g/mol. The highest BCUT2D eigenvalue weighted by molar-refractivity contribution is 6.14. The Morgan fingerprint density at radius 2 is 1.93 bits per heavy atom. The van der Waals surface area contributed by atoms with Crippen LogP contribution >= 0.6 is 0 Å². The Labute approximate surface area is 153 Å². The quantitative estimate of drug-likeness (QED) is 0.379. The van der Waals surface area contributed by atoms with Gasteiger partial charge in [0.15, 0.2) is 5.76 Å². The van der Waals surface area contributed by atoms with Gasteiger partial charge < -0.3 is 13.9 Å². The number of hydrogen-bond donors (Lipinski definition) is 0. The molecule has 0 spiro atoms. The smallest absolute Gasteiger partial charge is 0.269 e. The summed E-state index contributed by atoms with van der Waals surface area (Å²) in [6.07, 6.45) is 3.06. The van der Waals surface area contributed by atoms with Gasteiger partial charge in [0.25, 0.3) is 5.69 Å². The highest BCUT2D eigenvalue weighted by Crippen LogP contribution is 2.35. The Kier molecular flexibility index (Phi) is 4.18. The van der Waals surface area contributed by atoms with Crippen LogP contribution in [-0.4, -0.2) is 10.7 Å². The molecule has 0 fully saturated rings. The van der Waals surface area contributed by atoms with E-state index in [4.69, 9.17) is 13.9 Å². The second kappa shape index (κ2) is 6.80. The first-order valence-electron chi connectivity index (χ1n) is 8.08. The van der Waals surface area contributed by atoms with Crippen LogP contribution in [0.5, 0.6) is 11.5 Å². The summed E-state index contributed by atoms with van der Waals surface area (Å²) in [5.41, 5.74) is 1.27. The van der Waals surface area contributed by atoms with E-state index in [2.05, 4.69) is 0 Å². The average Bonchev–Trinajstić information content (AvgIpc) is 3.29. The Balaban J connectivity index is 1.47. The van der Waals surface area contributed by atoms with Crippen molar-refractivity contribution in [3.63, 3.8) is 0 Å². The molecule has 0 saturated heterocycles. The predicted molar refractivity (Wildman–Crippen MR) is 95.5 cm³/mol. The van der Waals surface area contributed by atoms with E-state index in [1.54, 1.807) is 48.5 Å². The fraction of sp³-hybridized carbons (Fsp3) is 0.0500. The standard InChI is InChI=1S/C20H13NO6/c22-20-17-8-7-16(26-12-13-3-5-14(6-4-13)21(23)24)10-18(17)27-19(20)11-15-2-1-9-25-15/h1-11H,12H2/b19-11+. The number of ketones is 1. The maximum atomic E-state index is 12.4. The van der Waals surface area contributed by atoms with Crippen LogP contribution in [0.25, 0.3) is 6.08 Å². The first-order chi connectivity index (χ1) is 13.1.